The number of carbonyl (C=O) groups is 1. The minimum atomic E-state index is -0.0693. The van der Waals surface area contributed by atoms with Gasteiger partial charge in [-0.3, -0.25) is 9.69 Å². The molecule has 1 fully saturated rings. The number of carbonyl (C=O) groups excluding carboxylic acids is 1. The zero-order valence-electron chi connectivity index (χ0n) is 13.6. The smallest absolute Gasteiger partial charge is 0.251 e. The summed E-state index contributed by atoms with van der Waals surface area (Å²) in [6.45, 7) is 8.76. The Morgan fingerprint density at radius 1 is 1.17 bits per heavy atom. The van der Waals surface area contributed by atoms with E-state index in [0.717, 1.165) is 55.3 Å². The summed E-state index contributed by atoms with van der Waals surface area (Å²) >= 11 is 0. The van der Waals surface area contributed by atoms with E-state index in [4.69, 9.17) is 4.74 Å². The molecular formula is C17H22N4O2. The summed E-state index contributed by atoms with van der Waals surface area (Å²) in [5.74, 6) is -0.0693. The molecule has 0 radical (unpaired) electrons. The lowest BCUT2D eigenvalue weighted by molar-refractivity contribution is 0.0383. The van der Waals surface area contributed by atoms with Crippen molar-refractivity contribution in [3.8, 4) is 0 Å². The van der Waals surface area contributed by atoms with E-state index in [9.17, 15) is 4.79 Å². The van der Waals surface area contributed by atoms with E-state index in [1.807, 2.05) is 19.9 Å². The summed E-state index contributed by atoms with van der Waals surface area (Å²) in [5, 5.41) is 2.97. The van der Waals surface area contributed by atoms with Gasteiger partial charge in [0.05, 0.1) is 35.6 Å². The molecule has 6 nitrogen and oxygen atoms in total. The van der Waals surface area contributed by atoms with Crippen LogP contribution in [0.25, 0.3) is 11.0 Å². The van der Waals surface area contributed by atoms with Crippen LogP contribution in [0.1, 0.15) is 21.7 Å². The molecular weight excluding hydrogens is 292 g/mol. The first-order chi connectivity index (χ1) is 11.1. The Labute approximate surface area is 135 Å². The van der Waals surface area contributed by atoms with Crippen molar-refractivity contribution in [3.63, 3.8) is 0 Å². The fraction of sp³-hybridized carbons (Fsp3) is 0.471. The monoisotopic (exact) mass is 314 g/mol. The molecule has 2 aromatic rings. The van der Waals surface area contributed by atoms with E-state index in [0.29, 0.717) is 12.1 Å². The summed E-state index contributed by atoms with van der Waals surface area (Å²) in [6.07, 6.45) is 0. The van der Waals surface area contributed by atoms with Crippen LogP contribution in [-0.2, 0) is 4.74 Å². The zero-order valence-corrected chi connectivity index (χ0v) is 13.6. The normalized spacial score (nSPS) is 15.7. The van der Waals surface area contributed by atoms with Crippen molar-refractivity contribution < 1.29 is 9.53 Å². The number of nitrogens with one attached hydrogen (secondary N) is 1. The Kier molecular flexibility index (Phi) is 4.83. The predicted octanol–water partition coefficient (Wildman–Crippen LogP) is 1.31. The second-order valence-electron chi connectivity index (χ2n) is 5.81. The number of aromatic nitrogens is 2. The van der Waals surface area contributed by atoms with Crippen molar-refractivity contribution in [2.75, 3.05) is 39.4 Å². The average Bonchev–Trinajstić information content (AvgIpc) is 2.56. The van der Waals surface area contributed by atoms with Gasteiger partial charge in [0, 0.05) is 31.7 Å². The number of rotatable bonds is 4. The van der Waals surface area contributed by atoms with Crippen LogP contribution in [0, 0.1) is 13.8 Å². The SMILES string of the molecule is Cc1nc2ccc(C(=O)NCCN3CCOCC3)cc2nc1C. The Balaban J connectivity index is 1.62. The fourth-order valence-electron chi connectivity index (χ4n) is 2.63. The molecule has 1 aliphatic heterocycles. The van der Waals surface area contributed by atoms with E-state index < -0.39 is 0 Å². The van der Waals surface area contributed by atoms with Gasteiger partial charge in [0.1, 0.15) is 0 Å². The van der Waals surface area contributed by atoms with E-state index in [2.05, 4.69) is 20.2 Å². The molecule has 2 heterocycles. The summed E-state index contributed by atoms with van der Waals surface area (Å²) in [4.78, 5) is 23.6. The number of morpholine rings is 1. The molecule has 0 spiro atoms. The van der Waals surface area contributed by atoms with Gasteiger partial charge < -0.3 is 10.1 Å². The van der Waals surface area contributed by atoms with Crippen LogP contribution < -0.4 is 5.32 Å². The van der Waals surface area contributed by atoms with Gasteiger partial charge in [-0.25, -0.2) is 9.97 Å². The molecule has 0 aliphatic carbocycles. The van der Waals surface area contributed by atoms with Gasteiger partial charge in [0.25, 0.3) is 5.91 Å². The Morgan fingerprint density at radius 3 is 2.61 bits per heavy atom. The maximum absolute atomic E-state index is 12.3. The van der Waals surface area contributed by atoms with Gasteiger partial charge >= 0.3 is 0 Å². The second-order valence-corrected chi connectivity index (χ2v) is 5.81. The van der Waals surface area contributed by atoms with E-state index >= 15 is 0 Å². The van der Waals surface area contributed by atoms with Gasteiger partial charge in [0.2, 0.25) is 0 Å². The number of amides is 1. The van der Waals surface area contributed by atoms with Gasteiger partial charge in [-0.15, -0.1) is 0 Å². The van der Waals surface area contributed by atoms with Crippen molar-refractivity contribution in [1.82, 2.24) is 20.2 Å². The third kappa shape index (κ3) is 3.83. The Hall–Kier alpha value is -2.05. The molecule has 0 unspecified atom stereocenters. The van der Waals surface area contributed by atoms with Crippen LogP contribution in [0.5, 0.6) is 0 Å². The first kappa shape index (κ1) is 15.8. The highest BCUT2D eigenvalue weighted by Gasteiger charge is 2.12. The van der Waals surface area contributed by atoms with Crippen LogP contribution in [0.3, 0.4) is 0 Å². The van der Waals surface area contributed by atoms with Gasteiger partial charge in [-0.2, -0.15) is 0 Å². The van der Waals surface area contributed by atoms with Crippen LogP contribution in [0.15, 0.2) is 18.2 Å². The number of hydrogen-bond acceptors (Lipinski definition) is 5. The van der Waals surface area contributed by atoms with E-state index in [1.165, 1.54) is 0 Å². The van der Waals surface area contributed by atoms with Crippen molar-refractivity contribution in [2.45, 2.75) is 13.8 Å². The summed E-state index contributed by atoms with van der Waals surface area (Å²) in [5.41, 5.74) is 4.01. The fourth-order valence-corrected chi connectivity index (χ4v) is 2.63. The second kappa shape index (κ2) is 7.02. The third-order valence-corrected chi connectivity index (χ3v) is 4.15. The largest absolute Gasteiger partial charge is 0.379 e. The van der Waals surface area contributed by atoms with Gasteiger partial charge in [-0.05, 0) is 32.0 Å². The van der Waals surface area contributed by atoms with Crippen LogP contribution in [-0.4, -0.2) is 60.2 Å². The Bertz CT molecular complexity index is 711. The standard InChI is InChI=1S/C17H22N4O2/c1-12-13(2)20-16-11-14(3-4-15(16)19-12)17(22)18-5-6-21-7-9-23-10-8-21/h3-4,11H,5-10H2,1-2H3,(H,18,22). The number of nitrogens with zero attached hydrogens (tertiary/aromatic N) is 3. The third-order valence-electron chi connectivity index (χ3n) is 4.15. The molecule has 3 rings (SSSR count). The molecule has 1 amide bonds. The zero-order chi connectivity index (χ0) is 16.2. The van der Waals surface area contributed by atoms with E-state index in [-0.39, 0.29) is 5.91 Å². The maximum Gasteiger partial charge on any atom is 0.251 e. The first-order valence-corrected chi connectivity index (χ1v) is 7.97. The molecule has 1 saturated heterocycles. The van der Waals surface area contributed by atoms with Crippen molar-refractivity contribution >= 4 is 16.9 Å². The number of benzene rings is 1. The molecule has 0 atom stereocenters. The quantitative estimate of drug-likeness (QED) is 0.921. The first-order valence-electron chi connectivity index (χ1n) is 7.97. The maximum atomic E-state index is 12.3. The minimum absolute atomic E-state index is 0.0693. The number of fused-ring (bicyclic) bond motifs is 1. The summed E-state index contributed by atoms with van der Waals surface area (Å²) in [7, 11) is 0. The lowest BCUT2D eigenvalue weighted by atomic mass is 10.1. The minimum Gasteiger partial charge on any atom is -0.379 e. The molecule has 0 saturated carbocycles. The van der Waals surface area contributed by atoms with Gasteiger partial charge in [-0.1, -0.05) is 0 Å². The van der Waals surface area contributed by atoms with Gasteiger partial charge in [0.15, 0.2) is 0 Å². The Morgan fingerprint density at radius 2 is 1.87 bits per heavy atom. The van der Waals surface area contributed by atoms with Crippen LogP contribution in [0.2, 0.25) is 0 Å². The van der Waals surface area contributed by atoms with Crippen molar-refractivity contribution in [1.29, 1.82) is 0 Å². The number of ether oxygens (including phenoxy) is 1. The van der Waals surface area contributed by atoms with Crippen molar-refractivity contribution in [3.05, 3.63) is 35.2 Å². The summed E-state index contributed by atoms with van der Waals surface area (Å²) < 4.78 is 5.31. The summed E-state index contributed by atoms with van der Waals surface area (Å²) in [6, 6.07) is 5.46. The molecule has 1 N–H and O–H groups in total. The average molecular weight is 314 g/mol. The molecule has 122 valence electrons. The molecule has 0 bridgehead atoms. The molecule has 1 aliphatic rings. The van der Waals surface area contributed by atoms with Crippen LogP contribution >= 0.6 is 0 Å². The van der Waals surface area contributed by atoms with Crippen LogP contribution in [0.4, 0.5) is 0 Å². The van der Waals surface area contributed by atoms with Crippen molar-refractivity contribution in [2.24, 2.45) is 0 Å². The molecule has 6 heteroatoms. The highest BCUT2D eigenvalue weighted by Crippen LogP contribution is 2.14. The molecule has 23 heavy (non-hydrogen) atoms. The highest BCUT2D eigenvalue weighted by atomic mass is 16.5. The highest BCUT2D eigenvalue weighted by molar-refractivity contribution is 5.97. The number of hydrogen-bond donors (Lipinski definition) is 1. The predicted molar refractivity (Wildman–Crippen MR) is 88.6 cm³/mol. The number of aryl methyl sites for hydroxylation is 2. The lowest BCUT2D eigenvalue weighted by Gasteiger charge is -2.26. The molecule has 1 aromatic carbocycles. The topological polar surface area (TPSA) is 67.4 Å². The lowest BCUT2D eigenvalue weighted by Crippen LogP contribution is -2.41. The van der Waals surface area contributed by atoms with E-state index in [1.54, 1.807) is 12.1 Å². The molecule has 1 aromatic heterocycles.